The van der Waals surface area contributed by atoms with Gasteiger partial charge in [-0.25, -0.2) is 0 Å². The molecule has 0 aromatic rings. The molecule has 0 amide bonds. The van der Waals surface area contributed by atoms with Crippen LogP contribution < -0.4 is 0 Å². The van der Waals surface area contributed by atoms with Crippen LogP contribution in [0.3, 0.4) is 0 Å². The Hall–Kier alpha value is 0.520. The van der Waals surface area contributed by atoms with Gasteiger partial charge < -0.3 is 0 Å². The molecule has 92 valence electrons. The second kappa shape index (κ2) is 5.23. The maximum atomic E-state index is 10.7. The number of hydrogen-bond acceptors (Lipinski definition) is 6. The highest BCUT2D eigenvalue weighted by Crippen LogP contribution is 2.25. The molecule has 0 aliphatic rings. The van der Waals surface area contributed by atoms with Crippen LogP contribution in [0.2, 0.25) is 0 Å². The minimum Gasteiger partial charge on any atom is -0.286 e. The molecule has 0 fully saturated rings. The van der Waals surface area contributed by atoms with Gasteiger partial charge in [-0.15, -0.1) is 0 Å². The molecule has 0 spiro atoms. The molecule has 0 aromatic carbocycles. The van der Waals surface area contributed by atoms with Crippen LogP contribution in [0.15, 0.2) is 0 Å². The lowest BCUT2D eigenvalue weighted by Gasteiger charge is -2.27. The first-order valence-electron chi connectivity index (χ1n) is 3.66. The summed E-state index contributed by atoms with van der Waals surface area (Å²) in [7, 11) is -8.70. The molecule has 0 bridgehead atoms. The normalized spacial score (nSPS) is 14.1. The van der Waals surface area contributed by atoms with Gasteiger partial charge >= 0.3 is 0 Å². The van der Waals surface area contributed by atoms with Crippen LogP contribution in [-0.4, -0.2) is 49.0 Å². The lowest BCUT2D eigenvalue weighted by atomic mass is 9.99. The zero-order valence-corrected chi connectivity index (χ0v) is 11.0. The molecule has 6 nitrogen and oxygen atoms in total. The number of thiol groups is 2. The fourth-order valence-corrected chi connectivity index (χ4v) is 4.79. The molecule has 0 atom stereocenters. The lowest BCUT2D eigenvalue weighted by molar-refractivity contribution is 0.414. The van der Waals surface area contributed by atoms with E-state index in [1.807, 2.05) is 0 Å². The summed E-state index contributed by atoms with van der Waals surface area (Å²) >= 11 is 7.61. The van der Waals surface area contributed by atoms with Crippen molar-refractivity contribution >= 4 is 45.5 Å². The average molecular weight is 296 g/mol. The summed E-state index contributed by atoms with van der Waals surface area (Å²) in [4.78, 5) is 0. The highest BCUT2D eigenvalue weighted by atomic mass is 32.2. The molecule has 15 heavy (non-hydrogen) atoms. The van der Waals surface area contributed by atoms with Crippen molar-refractivity contribution in [1.29, 1.82) is 0 Å². The Bertz CT molecular complexity index is 355. The van der Waals surface area contributed by atoms with E-state index in [2.05, 4.69) is 25.3 Å². The van der Waals surface area contributed by atoms with Gasteiger partial charge in [0.25, 0.3) is 20.2 Å². The summed E-state index contributed by atoms with van der Waals surface area (Å²) in [6.45, 7) is 0. The van der Waals surface area contributed by atoms with Crippen LogP contribution in [0, 0.1) is 5.41 Å². The van der Waals surface area contributed by atoms with Crippen molar-refractivity contribution in [3.8, 4) is 0 Å². The van der Waals surface area contributed by atoms with Gasteiger partial charge in [0.2, 0.25) is 0 Å². The summed E-state index contributed by atoms with van der Waals surface area (Å²) in [5.41, 5.74) is -1.40. The van der Waals surface area contributed by atoms with E-state index in [0.29, 0.717) is 0 Å². The SMILES string of the molecule is O=S(=O)(O)CC(CS)(CS)CS(=O)(=O)O. The zero-order valence-electron chi connectivity index (χ0n) is 7.57. The molecule has 0 radical (unpaired) electrons. The first-order valence-corrected chi connectivity index (χ1v) is 8.14. The monoisotopic (exact) mass is 296 g/mol. The third-order valence-electron chi connectivity index (χ3n) is 1.65. The topological polar surface area (TPSA) is 109 Å². The maximum Gasteiger partial charge on any atom is 0.265 e. The molecule has 0 saturated heterocycles. The van der Waals surface area contributed by atoms with Crippen LogP contribution in [0.4, 0.5) is 0 Å². The number of rotatable bonds is 6. The predicted molar refractivity (Wildman–Crippen MR) is 63.0 cm³/mol. The fraction of sp³-hybridized carbons (Fsp3) is 1.00. The van der Waals surface area contributed by atoms with E-state index >= 15 is 0 Å². The summed E-state index contributed by atoms with van der Waals surface area (Å²) in [5.74, 6) is -1.91. The van der Waals surface area contributed by atoms with Gasteiger partial charge in [-0.3, -0.25) is 9.11 Å². The molecule has 0 unspecified atom stereocenters. The van der Waals surface area contributed by atoms with E-state index in [1.165, 1.54) is 0 Å². The molecular weight excluding hydrogens is 284 g/mol. The van der Waals surface area contributed by atoms with Crippen LogP contribution in [0.5, 0.6) is 0 Å². The van der Waals surface area contributed by atoms with Gasteiger partial charge in [-0.1, -0.05) is 0 Å². The van der Waals surface area contributed by atoms with Crippen molar-refractivity contribution < 1.29 is 25.9 Å². The summed E-state index contributed by atoms with van der Waals surface area (Å²) in [5, 5.41) is 0. The van der Waals surface area contributed by atoms with E-state index in [-0.39, 0.29) is 11.5 Å². The van der Waals surface area contributed by atoms with Crippen molar-refractivity contribution in [3.05, 3.63) is 0 Å². The Morgan fingerprint density at radius 3 is 1.27 bits per heavy atom. The molecular formula is C5H12O6S4. The average Bonchev–Trinajstić information content (AvgIpc) is 1.98. The van der Waals surface area contributed by atoms with Crippen LogP contribution in [0.25, 0.3) is 0 Å². The second-order valence-electron chi connectivity index (χ2n) is 3.27. The van der Waals surface area contributed by atoms with Gasteiger partial charge in [0, 0.05) is 5.41 Å². The molecule has 10 heteroatoms. The third-order valence-corrected chi connectivity index (χ3v) is 4.94. The summed E-state index contributed by atoms with van der Waals surface area (Å²) in [6.07, 6.45) is 0. The van der Waals surface area contributed by atoms with E-state index < -0.39 is 37.2 Å². The third kappa shape index (κ3) is 6.64. The highest BCUT2D eigenvalue weighted by molar-refractivity contribution is 7.87. The highest BCUT2D eigenvalue weighted by Gasteiger charge is 2.36. The van der Waals surface area contributed by atoms with Crippen LogP contribution in [0.1, 0.15) is 0 Å². The van der Waals surface area contributed by atoms with Crippen LogP contribution >= 0.6 is 25.3 Å². The number of hydrogen-bond donors (Lipinski definition) is 4. The lowest BCUT2D eigenvalue weighted by Crippen LogP contribution is -2.40. The molecule has 0 saturated carbocycles. The van der Waals surface area contributed by atoms with E-state index in [1.54, 1.807) is 0 Å². The first kappa shape index (κ1) is 15.5. The van der Waals surface area contributed by atoms with E-state index in [9.17, 15) is 16.8 Å². The van der Waals surface area contributed by atoms with Crippen molar-refractivity contribution in [1.82, 2.24) is 0 Å². The quantitative estimate of drug-likeness (QED) is 0.392. The van der Waals surface area contributed by atoms with Crippen molar-refractivity contribution in [2.75, 3.05) is 23.0 Å². The van der Waals surface area contributed by atoms with Crippen molar-refractivity contribution in [2.45, 2.75) is 0 Å². The molecule has 0 aliphatic heterocycles. The Balaban J connectivity index is 5.07. The summed E-state index contributed by atoms with van der Waals surface area (Å²) in [6, 6.07) is 0. The fourth-order valence-electron chi connectivity index (χ4n) is 1.05. The van der Waals surface area contributed by atoms with E-state index in [4.69, 9.17) is 9.11 Å². The van der Waals surface area contributed by atoms with Gasteiger partial charge in [-0.05, 0) is 11.5 Å². The Kier molecular flexibility index (Phi) is 5.41. The van der Waals surface area contributed by atoms with Gasteiger partial charge in [0.05, 0.1) is 11.5 Å². The predicted octanol–water partition coefficient (Wildman–Crippen LogP) is -0.392. The minimum atomic E-state index is -4.35. The molecule has 0 aromatic heterocycles. The van der Waals surface area contributed by atoms with Gasteiger partial charge in [0.15, 0.2) is 0 Å². The Labute approximate surface area is 99.8 Å². The Morgan fingerprint density at radius 2 is 1.13 bits per heavy atom. The standard InChI is InChI=1S/C5H12O6S4/c6-14(7,8)3-5(1-12,2-13)4-15(9,10)11/h12-13H,1-4H2,(H,6,7,8)(H,9,10,11). The van der Waals surface area contributed by atoms with Crippen LogP contribution in [-0.2, 0) is 20.2 Å². The zero-order chi connectivity index (χ0) is 12.3. The maximum absolute atomic E-state index is 10.7. The molecule has 0 aliphatic carbocycles. The van der Waals surface area contributed by atoms with Crippen molar-refractivity contribution in [2.24, 2.45) is 5.41 Å². The minimum absolute atomic E-state index is 0.143. The summed E-state index contributed by atoms with van der Waals surface area (Å²) < 4.78 is 59.9. The Morgan fingerprint density at radius 1 is 0.867 bits per heavy atom. The van der Waals surface area contributed by atoms with Gasteiger partial charge in [0.1, 0.15) is 0 Å². The second-order valence-corrected chi connectivity index (χ2v) is 6.81. The smallest absolute Gasteiger partial charge is 0.265 e. The largest absolute Gasteiger partial charge is 0.286 e. The van der Waals surface area contributed by atoms with Gasteiger partial charge in [-0.2, -0.15) is 42.1 Å². The van der Waals surface area contributed by atoms with E-state index in [0.717, 1.165) is 0 Å². The molecule has 0 heterocycles. The van der Waals surface area contributed by atoms with Crippen molar-refractivity contribution in [3.63, 3.8) is 0 Å². The molecule has 0 rings (SSSR count). The molecule has 2 N–H and O–H groups in total. The first-order chi connectivity index (χ1) is 6.54.